The Morgan fingerprint density at radius 2 is 1.89 bits per heavy atom. The van der Waals surface area contributed by atoms with Crippen molar-refractivity contribution in [2.75, 3.05) is 44.7 Å². The first kappa shape index (κ1) is 25.7. The smallest absolute Gasteiger partial charge is 0.410 e. The number of hydrogen-bond donors (Lipinski definition) is 1. The van der Waals surface area contributed by atoms with Gasteiger partial charge in [-0.2, -0.15) is 11.8 Å². The number of hydrogen-bond acceptors (Lipinski definition) is 4. The molecule has 0 unspecified atom stereocenters. The van der Waals surface area contributed by atoms with Crippen molar-refractivity contribution in [3.8, 4) is 0 Å². The molecule has 8 heteroatoms. The van der Waals surface area contributed by atoms with Crippen LogP contribution in [0.1, 0.15) is 53.4 Å². The van der Waals surface area contributed by atoms with Gasteiger partial charge < -0.3 is 19.9 Å². The van der Waals surface area contributed by atoms with Crippen molar-refractivity contribution < 1.29 is 9.53 Å². The number of piperidine rings is 1. The summed E-state index contributed by atoms with van der Waals surface area (Å²) < 4.78 is 5.70. The molecular weight excluding hydrogens is 487 g/mol. The van der Waals surface area contributed by atoms with Crippen LogP contribution in [-0.4, -0.2) is 78.2 Å². The molecule has 2 rings (SSSR count). The maximum Gasteiger partial charge on any atom is 0.410 e. The average molecular weight is 527 g/mol. The maximum absolute atomic E-state index is 12.8. The van der Waals surface area contributed by atoms with E-state index in [9.17, 15) is 4.79 Å². The minimum atomic E-state index is -0.443. The molecule has 6 nitrogen and oxygen atoms in total. The van der Waals surface area contributed by atoms with Gasteiger partial charge >= 0.3 is 6.09 Å². The quantitative estimate of drug-likeness (QED) is 0.235. The fourth-order valence-corrected chi connectivity index (χ4v) is 3.60. The van der Waals surface area contributed by atoms with Gasteiger partial charge in [0.1, 0.15) is 5.60 Å². The minimum Gasteiger partial charge on any atom is -0.444 e. The Hall–Kier alpha value is -0.380. The van der Waals surface area contributed by atoms with E-state index in [4.69, 9.17) is 9.73 Å². The molecule has 164 valence electrons. The molecule has 0 aromatic carbocycles. The summed E-state index contributed by atoms with van der Waals surface area (Å²) in [4.78, 5) is 21.9. The lowest BCUT2D eigenvalue weighted by Gasteiger charge is -2.40. The van der Waals surface area contributed by atoms with Gasteiger partial charge in [-0.1, -0.05) is 0 Å². The first-order valence-corrected chi connectivity index (χ1v) is 11.7. The van der Waals surface area contributed by atoms with Crippen molar-refractivity contribution in [1.29, 1.82) is 0 Å². The normalized spacial score (nSPS) is 18.5. The summed E-state index contributed by atoms with van der Waals surface area (Å²) in [5.74, 6) is 2.72. The molecule has 0 spiro atoms. The summed E-state index contributed by atoms with van der Waals surface area (Å²) in [6.07, 6.45) is 6.39. The predicted molar refractivity (Wildman–Crippen MR) is 130 cm³/mol. The van der Waals surface area contributed by atoms with E-state index >= 15 is 0 Å². The number of amides is 1. The van der Waals surface area contributed by atoms with Crippen molar-refractivity contribution in [2.24, 2.45) is 10.9 Å². The molecular formula is C20H39IN4O2S. The van der Waals surface area contributed by atoms with E-state index in [1.165, 1.54) is 12.8 Å². The van der Waals surface area contributed by atoms with Crippen LogP contribution in [-0.2, 0) is 4.74 Å². The SMILES string of the molecule is CCNC(=NCCSC)N1CCC(N(CC2CC2)C(=O)OC(C)(C)C)CC1.I. The molecule has 0 atom stereocenters. The Balaban J connectivity index is 0.00000392. The lowest BCUT2D eigenvalue weighted by atomic mass is 10.0. The van der Waals surface area contributed by atoms with Crippen molar-refractivity contribution in [1.82, 2.24) is 15.1 Å². The van der Waals surface area contributed by atoms with Crippen molar-refractivity contribution in [3.05, 3.63) is 0 Å². The maximum atomic E-state index is 12.8. The minimum absolute atomic E-state index is 0. The molecule has 0 aromatic rings. The van der Waals surface area contributed by atoms with Gasteiger partial charge in [-0.3, -0.25) is 4.99 Å². The number of likely N-dealkylation sites (tertiary alicyclic amines) is 1. The van der Waals surface area contributed by atoms with Crippen LogP contribution >= 0.6 is 35.7 Å². The molecule has 0 bridgehead atoms. The first-order valence-electron chi connectivity index (χ1n) is 10.4. The lowest BCUT2D eigenvalue weighted by molar-refractivity contribution is 0.00929. The highest BCUT2D eigenvalue weighted by Crippen LogP contribution is 2.32. The van der Waals surface area contributed by atoms with Crippen LogP contribution in [0.25, 0.3) is 0 Å². The zero-order valence-electron chi connectivity index (χ0n) is 18.2. The summed E-state index contributed by atoms with van der Waals surface area (Å²) in [6.45, 7) is 12.4. The second kappa shape index (κ2) is 12.3. The topological polar surface area (TPSA) is 57.2 Å². The molecule has 0 aromatic heterocycles. The summed E-state index contributed by atoms with van der Waals surface area (Å²) in [5.41, 5.74) is -0.443. The fourth-order valence-electron chi connectivity index (χ4n) is 3.33. The summed E-state index contributed by atoms with van der Waals surface area (Å²) in [6, 6.07) is 0.269. The van der Waals surface area contributed by atoms with Crippen LogP contribution < -0.4 is 5.32 Å². The van der Waals surface area contributed by atoms with E-state index in [0.29, 0.717) is 5.92 Å². The van der Waals surface area contributed by atoms with Gasteiger partial charge in [0.15, 0.2) is 5.96 Å². The second-order valence-corrected chi connectivity index (χ2v) is 9.51. The van der Waals surface area contributed by atoms with Crippen LogP contribution in [0.15, 0.2) is 4.99 Å². The zero-order chi connectivity index (χ0) is 19.9. The third-order valence-electron chi connectivity index (χ3n) is 4.88. The Morgan fingerprint density at radius 1 is 1.25 bits per heavy atom. The van der Waals surface area contributed by atoms with Gasteiger partial charge in [0.25, 0.3) is 0 Å². The van der Waals surface area contributed by atoms with Gasteiger partial charge in [-0.25, -0.2) is 4.79 Å². The number of thioether (sulfide) groups is 1. The molecule has 1 aliphatic carbocycles. The van der Waals surface area contributed by atoms with Crippen LogP contribution in [0.4, 0.5) is 4.79 Å². The highest BCUT2D eigenvalue weighted by molar-refractivity contribution is 14.0. The monoisotopic (exact) mass is 526 g/mol. The number of carbonyl (C=O) groups excluding carboxylic acids is 1. The van der Waals surface area contributed by atoms with E-state index in [1.54, 1.807) is 0 Å². The Bertz CT molecular complexity index is 501. The van der Waals surface area contributed by atoms with E-state index in [-0.39, 0.29) is 36.1 Å². The fraction of sp³-hybridized carbons (Fsp3) is 0.900. The molecule has 28 heavy (non-hydrogen) atoms. The average Bonchev–Trinajstić information content (AvgIpc) is 3.42. The number of guanidine groups is 1. The van der Waals surface area contributed by atoms with E-state index < -0.39 is 5.60 Å². The standard InChI is InChI=1S/C20H38N4O2S.HI/c1-6-21-18(22-11-14-27-5)23-12-9-17(10-13-23)24(15-16-7-8-16)19(25)26-20(2,3)4;/h16-17H,6-15H2,1-5H3,(H,21,22);1H. The van der Waals surface area contributed by atoms with Gasteiger partial charge in [-0.05, 0) is 65.6 Å². The molecule has 1 saturated heterocycles. The molecule has 2 aliphatic rings. The van der Waals surface area contributed by atoms with Crippen molar-refractivity contribution in [3.63, 3.8) is 0 Å². The number of nitrogens with zero attached hydrogens (tertiary/aromatic N) is 3. The Kier molecular flexibility index (Phi) is 11.3. The molecule has 1 heterocycles. The second-order valence-electron chi connectivity index (χ2n) is 8.52. The summed E-state index contributed by atoms with van der Waals surface area (Å²) in [5, 5.41) is 3.41. The Morgan fingerprint density at radius 3 is 2.39 bits per heavy atom. The van der Waals surface area contributed by atoms with E-state index in [2.05, 4.69) is 23.4 Å². The predicted octanol–water partition coefficient (Wildman–Crippen LogP) is 4.04. The number of aliphatic imine (C=N–C) groups is 1. The van der Waals surface area contributed by atoms with Crippen LogP contribution in [0.2, 0.25) is 0 Å². The number of ether oxygens (including phenoxy) is 1. The number of rotatable bonds is 7. The lowest BCUT2D eigenvalue weighted by Crippen LogP contribution is -2.52. The summed E-state index contributed by atoms with van der Waals surface area (Å²) >= 11 is 1.82. The van der Waals surface area contributed by atoms with Gasteiger partial charge in [0.2, 0.25) is 0 Å². The van der Waals surface area contributed by atoms with E-state index in [1.807, 2.05) is 37.4 Å². The van der Waals surface area contributed by atoms with Crippen molar-refractivity contribution >= 4 is 47.8 Å². The van der Waals surface area contributed by atoms with Crippen molar-refractivity contribution in [2.45, 2.75) is 65.0 Å². The van der Waals surface area contributed by atoms with E-state index in [0.717, 1.165) is 57.3 Å². The van der Waals surface area contributed by atoms with Crippen LogP contribution in [0, 0.1) is 5.92 Å². The van der Waals surface area contributed by atoms with Crippen LogP contribution in [0.3, 0.4) is 0 Å². The molecule has 1 aliphatic heterocycles. The first-order chi connectivity index (χ1) is 12.8. The highest BCUT2D eigenvalue weighted by Gasteiger charge is 2.35. The molecule has 1 N–H and O–H groups in total. The Labute approximate surface area is 192 Å². The molecule has 1 saturated carbocycles. The van der Waals surface area contributed by atoms with Gasteiger partial charge in [-0.15, -0.1) is 24.0 Å². The molecule has 0 radical (unpaired) electrons. The third-order valence-corrected chi connectivity index (χ3v) is 5.47. The zero-order valence-corrected chi connectivity index (χ0v) is 21.3. The number of nitrogens with one attached hydrogen (secondary N) is 1. The van der Waals surface area contributed by atoms with Crippen LogP contribution in [0.5, 0.6) is 0 Å². The molecule has 1 amide bonds. The number of halogens is 1. The van der Waals surface area contributed by atoms with Gasteiger partial charge in [0, 0.05) is 38.0 Å². The third kappa shape index (κ3) is 8.97. The summed E-state index contributed by atoms with van der Waals surface area (Å²) in [7, 11) is 0. The van der Waals surface area contributed by atoms with Gasteiger partial charge in [0.05, 0.1) is 6.54 Å². The largest absolute Gasteiger partial charge is 0.444 e. The number of carbonyl (C=O) groups is 1. The highest BCUT2D eigenvalue weighted by atomic mass is 127. The molecule has 2 fully saturated rings.